The second-order valence-electron chi connectivity index (χ2n) is 4.87. The van der Waals surface area contributed by atoms with Crippen molar-refractivity contribution >= 4 is 17.8 Å². The van der Waals surface area contributed by atoms with Gasteiger partial charge >= 0.3 is 5.97 Å². The number of rotatable bonds is 5. The molecule has 1 fully saturated rings. The maximum Gasteiger partial charge on any atom is 0.305 e. The smallest absolute Gasteiger partial charge is 0.305 e. The zero-order chi connectivity index (χ0) is 14.4. The van der Waals surface area contributed by atoms with Crippen molar-refractivity contribution in [1.29, 1.82) is 0 Å². The number of hydrogen-bond acceptors (Lipinski definition) is 3. The van der Waals surface area contributed by atoms with E-state index in [1.807, 2.05) is 6.92 Å². The van der Waals surface area contributed by atoms with Crippen LogP contribution in [-0.4, -0.2) is 58.9 Å². The minimum atomic E-state index is -0.903. The van der Waals surface area contributed by atoms with Crippen LogP contribution in [-0.2, 0) is 14.4 Å². The molecule has 2 amide bonds. The summed E-state index contributed by atoms with van der Waals surface area (Å²) in [6.45, 7) is 5.25. The molecule has 0 radical (unpaired) electrons. The number of aliphatic carboxylic acids is 1. The lowest BCUT2D eigenvalue weighted by molar-refractivity contribution is -0.141. The molecule has 0 saturated carbocycles. The molecular formula is C13H22N2O4. The fraction of sp³-hybridized carbons (Fsp3) is 0.769. The topological polar surface area (TPSA) is 77.9 Å². The highest BCUT2D eigenvalue weighted by atomic mass is 16.4. The van der Waals surface area contributed by atoms with Crippen LogP contribution in [0, 0.1) is 5.92 Å². The van der Waals surface area contributed by atoms with Gasteiger partial charge in [0, 0.05) is 33.1 Å². The summed E-state index contributed by atoms with van der Waals surface area (Å²) in [5.41, 5.74) is 0. The van der Waals surface area contributed by atoms with E-state index in [1.54, 1.807) is 9.80 Å². The first-order chi connectivity index (χ1) is 8.95. The highest BCUT2D eigenvalue weighted by molar-refractivity contribution is 5.81. The second kappa shape index (κ2) is 7.11. The molecule has 0 spiro atoms. The summed E-state index contributed by atoms with van der Waals surface area (Å²) in [5, 5.41) is 8.67. The predicted molar refractivity (Wildman–Crippen MR) is 69.5 cm³/mol. The summed E-state index contributed by atoms with van der Waals surface area (Å²) in [7, 11) is 0. The van der Waals surface area contributed by atoms with Crippen LogP contribution in [0.1, 0.15) is 33.1 Å². The van der Waals surface area contributed by atoms with E-state index in [-0.39, 0.29) is 30.7 Å². The highest BCUT2D eigenvalue weighted by Crippen LogP contribution is 2.19. The lowest BCUT2D eigenvalue weighted by atomic mass is 9.96. The highest BCUT2D eigenvalue weighted by Gasteiger charge is 2.29. The van der Waals surface area contributed by atoms with Gasteiger partial charge in [-0.2, -0.15) is 0 Å². The first-order valence-corrected chi connectivity index (χ1v) is 6.71. The minimum absolute atomic E-state index is 0.00826. The van der Waals surface area contributed by atoms with Gasteiger partial charge in [-0.1, -0.05) is 0 Å². The first kappa shape index (κ1) is 15.5. The molecule has 6 heteroatoms. The van der Waals surface area contributed by atoms with Crippen molar-refractivity contribution in [3.8, 4) is 0 Å². The Morgan fingerprint density at radius 1 is 1.37 bits per heavy atom. The third-order valence-electron chi connectivity index (χ3n) is 3.50. The Kier molecular flexibility index (Phi) is 5.79. The molecule has 6 nitrogen and oxygen atoms in total. The maximum atomic E-state index is 12.3. The molecule has 0 bridgehead atoms. The molecule has 19 heavy (non-hydrogen) atoms. The summed E-state index contributed by atoms with van der Waals surface area (Å²) in [6.07, 6.45) is 1.56. The van der Waals surface area contributed by atoms with Gasteiger partial charge in [-0.3, -0.25) is 14.4 Å². The molecule has 1 unspecified atom stereocenters. The fourth-order valence-electron chi connectivity index (χ4n) is 2.38. The number of carboxylic acids is 1. The van der Waals surface area contributed by atoms with Crippen LogP contribution >= 0.6 is 0 Å². The zero-order valence-corrected chi connectivity index (χ0v) is 11.6. The van der Waals surface area contributed by atoms with E-state index in [4.69, 9.17) is 5.11 Å². The normalized spacial score (nSPS) is 19.1. The second-order valence-corrected chi connectivity index (χ2v) is 4.87. The summed E-state index contributed by atoms with van der Waals surface area (Å²) < 4.78 is 0. The molecule has 1 aliphatic rings. The average molecular weight is 270 g/mol. The van der Waals surface area contributed by atoms with Crippen molar-refractivity contribution in [2.75, 3.05) is 26.2 Å². The van der Waals surface area contributed by atoms with Gasteiger partial charge in [0.2, 0.25) is 11.8 Å². The van der Waals surface area contributed by atoms with Crippen LogP contribution in [0.5, 0.6) is 0 Å². The first-order valence-electron chi connectivity index (χ1n) is 6.71. The van der Waals surface area contributed by atoms with E-state index in [1.165, 1.54) is 6.92 Å². The molecule has 1 atom stereocenters. The largest absolute Gasteiger partial charge is 0.481 e. The van der Waals surface area contributed by atoms with Crippen molar-refractivity contribution in [2.24, 2.45) is 5.92 Å². The van der Waals surface area contributed by atoms with Crippen molar-refractivity contribution in [3.63, 3.8) is 0 Å². The predicted octanol–water partition coefficient (Wildman–Crippen LogP) is 0.568. The molecule has 1 rings (SSSR count). The number of amides is 2. The van der Waals surface area contributed by atoms with Gasteiger partial charge in [0.1, 0.15) is 0 Å². The SMILES string of the molecule is CCN(CCC(=O)O)C(=O)C1CCCN(C(C)=O)C1. The number of hydrogen-bond donors (Lipinski definition) is 1. The van der Waals surface area contributed by atoms with Crippen LogP contribution in [0.4, 0.5) is 0 Å². The van der Waals surface area contributed by atoms with E-state index in [9.17, 15) is 14.4 Å². The molecular weight excluding hydrogens is 248 g/mol. The number of nitrogens with zero attached hydrogens (tertiary/aromatic N) is 2. The van der Waals surface area contributed by atoms with Gasteiger partial charge in [0.15, 0.2) is 0 Å². The quantitative estimate of drug-likeness (QED) is 0.792. The molecule has 108 valence electrons. The summed E-state index contributed by atoms with van der Waals surface area (Å²) >= 11 is 0. The van der Waals surface area contributed by atoms with Crippen molar-refractivity contribution in [2.45, 2.75) is 33.1 Å². The third kappa shape index (κ3) is 4.54. The molecule has 1 saturated heterocycles. The van der Waals surface area contributed by atoms with E-state index in [0.717, 1.165) is 12.8 Å². The van der Waals surface area contributed by atoms with E-state index >= 15 is 0 Å². The number of carboxylic acid groups (broad SMARTS) is 1. The Bertz CT molecular complexity index is 357. The number of carbonyl (C=O) groups excluding carboxylic acids is 2. The molecule has 1 aliphatic heterocycles. The Labute approximate surface area is 113 Å². The Morgan fingerprint density at radius 2 is 2.05 bits per heavy atom. The average Bonchev–Trinajstić information content (AvgIpc) is 2.39. The summed E-state index contributed by atoms with van der Waals surface area (Å²) in [4.78, 5) is 37.5. The zero-order valence-electron chi connectivity index (χ0n) is 11.6. The Morgan fingerprint density at radius 3 is 2.58 bits per heavy atom. The number of carbonyl (C=O) groups is 3. The Hall–Kier alpha value is -1.59. The maximum absolute atomic E-state index is 12.3. The van der Waals surface area contributed by atoms with Crippen molar-refractivity contribution in [3.05, 3.63) is 0 Å². The standard InChI is InChI=1S/C13H22N2O4/c1-3-14(8-6-12(17)18)13(19)11-5-4-7-15(9-11)10(2)16/h11H,3-9H2,1-2H3,(H,17,18). The lowest BCUT2D eigenvalue weighted by Gasteiger charge is -2.34. The molecule has 0 aliphatic carbocycles. The van der Waals surface area contributed by atoms with Gasteiger partial charge in [-0.05, 0) is 19.8 Å². The molecule has 0 aromatic rings. The van der Waals surface area contributed by atoms with Crippen molar-refractivity contribution < 1.29 is 19.5 Å². The van der Waals surface area contributed by atoms with Crippen LogP contribution < -0.4 is 0 Å². The summed E-state index contributed by atoms with van der Waals surface area (Å²) in [5.74, 6) is -1.13. The van der Waals surface area contributed by atoms with Crippen molar-refractivity contribution in [1.82, 2.24) is 9.80 Å². The molecule has 0 aromatic heterocycles. The Balaban J connectivity index is 2.58. The van der Waals surface area contributed by atoms with Crippen LogP contribution in [0.3, 0.4) is 0 Å². The molecule has 1 N–H and O–H groups in total. The minimum Gasteiger partial charge on any atom is -0.481 e. The third-order valence-corrected chi connectivity index (χ3v) is 3.50. The van der Waals surface area contributed by atoms with Gasteiger partial charge in [-0.25, -0.2) is 0 Å². The van der Waals surface area contributed by atoms with Gasteiger partial charge in [0.05, 0.1) is 12.3 Å². The van der Waals surface area contributed by atoms with Crippen LogP contribution in [0.25, 0.3) is 0 Å². The monoisotopic (exact) mass is 270 g/mol. The number of piperidine rings is 1. The van der Waals surface area contributed by atoms with E-state index < -0.39 is 5.97 Å². The fourth-order valence-corrected chi connectivity index (χ4v) is 2.38. The van der Waals surface area contributed by atoms with E-state index in [0.29, 0.717) is 19.6 Å². The van der Waals surface area contributed by atoms with Gasteiger partial charge in [0.25, 0.3) is 0 Å². The molecule has 1 heterocycles. The summed E-state index contributed by atoms with van der Waals surface area (Å²) in [6, 6.07) is 0. The van der Waals surface area contributed by atoms with Crippen LogP contribution in [0.15, 0.2) is 0 Å². The van der Waals surface area contributed by atoms with E-state index in [2.05, 4.69) is 0 Å². The van der Waals surface area contributed by atoms with Gasteiger partial charge in [-0.15, -0.1) is 0 Å². The van der Waals surface area contributed by atoms with Gasteiger partial charge < -0.3 is 14.9 Å². The lowest BCUT2D eigenvalue weighted by Crippen LogP contribution is -2.46. The van der Waals surface area contributed by atoms with Crippen LogP contribution in [0.2, 0.25) is 0 Å². The molecule has 0 aromatic carbocycles. The number of likely N-dealkylation sites (tertiary alicyclic amines) is 1.